The number of rotatable bonds is 0. The molecule has 1 nitrogen and oxygen atoms in total. The van der Waals surface area contributed by atoms with E-state index in [0.717, 1.165) is 12.8 Å². The number of halogens is 3. The minimum atomic E-state index is -4.21. The third kappa shape index (κ3) is 1.14. The molecule has 0 aliphatic heterocycles. The molecule has 2 N–H and O–H groups in total. The summed E-state index contributed by atoms with van der Waals surface area (Å²) in [6.45, 7) is 0. The van der Waals surface area contributed by atoms with Crippen molar-refractivity contribution in [2.75, 3.05) is 0 Å². The highest BCUT2D eigenvalue weighted by molar-refractivity contribution is 5.20. The lowest BCUT2D eigenvalue weighted by Crippen LogP contribution is -2.71. The average Bonchev–Trinajstić information content (AvgIpc) is 1.86. The summed E-state index contributed by atoms with van der Waals surface area (Å²) in [5, 5.41) is 0. The molecule has 0 bridgehead atoms. The number of hydrogen-bond acceptors (Lipinski definition) is 1. The first-order chi connectivity index (χ1) is 6.79. The third-order valence-corrected chi connectivity index (χ3v) is 4.86. The van der Waals surface area contributed by atoms with Gasteiger partial charge >= 0.3 is 6.18 Å². The van der Waals surface area contributed by atoms with Crippen molar-refractivity contribution in [2.24, 2.45) is 16.6 Å². The van der Waals surface area contributed by atoms with Crippen molar-refractivity contribution in [3.05, 3.63) is 0 Å². The summed E-state index contributed by atoms with van der Waals surface area (Å²) < 4.78 is 37.7. The molecule has 86 valence electrons. The maximum atomic E-state index is 12.6. The van der Waals surface area contributed by atoms with Gasteiger partial charge in [0, 0.05) is 0 Å². The molecule has 0 aromatic carbocycles. The maximum absolute atomic E-state index is 12.6. The van der Waals surface area contributed by atoms with Crippen LogP contribution in [0.25, 0.3) is 0 Å². The third-order valence-electron chi connectivity index (χ3n) is 4.86. The molecular weight excluding hydrogens is 203 g/mol. The molecule has 0 saturated heterocycles. The fourth-order valence-corrected chi connectivity index (χ4v) is 4.31. The van der Waals surface area contributed by atoms with Crippen molar-refractivity contribution < 1.29 is 13.2 Å². The molecule has 15 heavy (non-hydrogen) atoms. The fraction of sp³-hybridized carbons (Fsp3) is 1.00. The van der Waals surface area contributed by atoms with Gasteiger partial charge in [0.25, 0.3) is 0 Å². The summed E-state index contributed by atoms with van der Waals surface area (Å²) in [5.74, 6) is 0. The molecule has 3 aliphatic rings. The van der Waals surface area contributed by atoms with E-state index in [1.165, 1.54) is 19.3 Å². The second kappa shape index (κ2) is 2.36. The monoisotopic (exact) mass is 219 g/mol. The van der Waals surface area contributed by atoms with Crippen molar-refractivity contribution in [3.8, 4) is 0 Å². The summed E-state index contributed by atoms with van der Waals surface area (Å²) in [6, 6.07) is 0. The summed E-state index contributed by atoms with van der Waals surface area (Å²) in [6.07, 6.45) is 1.89. The molecule has 3 fully saturated rings. The zero-order chi connectivity index (χ0) is 10.9. The van der Waals surface area contributed by atoms with E-state index < -0.39 is 11.7 Å². The number of alkyl halides is 3. The van der Waals surface area contributed by atoms with Crippen LogP contribution in [0.15, 0.2) is 0 Å². The van der Waals surface area contributed by atoms with Crippen LogP contribution in [0.5, 0.6) is 0 Å². The zero-order valence-electron chi connectivity index (χ0n) is 8.66. The quantitative estimate of drug-likeness (QED) is 0.666. The van der Waals surface area contributed by atoms with Crippen LogP contribution in [0.3, 0.4) is 0 Å². The van der Waals surface area contributed by atoms with Gasteiger partial charge in [0.2, 0.25) is 0 Å². The summed E-state index contributed by atoms with van der Waals surface area (Å²) >= 11 is 0. The standard InChI is InChI=1S/C11H16F3N/c12-11(13,14)10(15)6-9(7-10)4-8(5-9)2-1-3-8/h1-7,15H2. The molecule has 2 spiro atoms. The largest absolute Gasteiger partial charge is 0.406 e. The van der Waals surface area contributed by atoms with Gasteiger partial charge < -0.3 is 5.73 Å². The summed E-state index contributed by atoms with van der Waals surface area (Å²) in [5.41, 5.74) is 3.95. The van der Waals surface area contributed by atoms with Gasteiger partial charge in [-0.05, 0) is 49.4 Å². The molecule has 0 atom stereocenters. The van der Waals surface area contributed by atoms with E-state index in [9.17, 15) is 13.2 Å². The zero-order valence-corrected chi connectivity index (χ0v) is 8.66. The van der Waals surface area contributed by atoms with E-state index >= 15 is 0 Å². The highest BCUT2D eigenvalue weighted by atomic mass is 19.4. The second-order valence-electron chi connectivity index (χ2n) is 6.21. The van der Waals surface area contributed by atoms with Crippen LogP contribution in [0.2, 0.25) is 0 Å². The van der Waals surface area contributed by atoms with E-state index in [2.05, 4.69) is 0 Å². The van der Waals surface area contributed by atoms with Crippen molar-refractivity contribution in [1.82, 2.24) is 0 Å². The molecule has 4 heteroatoms. The van der Waals surface area contributed by atoms with E-state index in [1.807, 2.05) is 0 Å². The Kier molecular flexibility index (Phi) is 1.57. The van der Waals surface area contributed by atoms with Crippen molar-refractivity contribution >= 4 is 0 Å². The van der Waals surface area contributed by atoms with Crippen LogP contribution in [0.4, 0.5) is 13.2 Å². The maximum Gasteiger partial charge on any atom is 0.406 e. The first-order valence-electron chi connectivity index (χ1n) is 5.64. The van der Waals surface area contributed by atoms with Crippen LogP contribution >= 0.6 is 0 Å². The van der Waals surface area contributed by atoms with Gasteiger partial charge in [-0.25, -0.2) is 0 Å². The number of nitrogens with two attached hydrogens (primary N) is 1. The number of hydrogen-bond donors (Lipinski definition) is 1. The van der Waals surface area contributed by atoms with Crippen molar-refractivity contribution in [3.63, 3.8) is 0 Å². The lowest BCUT2D eigenvalue weighted by atomic mass is 9.36. The van der Waals surface area contributed by atoms with Crippen LogP contribution in [-0.2, 0) is 0 Å². The van der Waals surface area contributed by atoms with Crippen LogP contribution in [0, 0.1) is 10.8 Å². The Morgan fingerprint density at radius 1 is 0.867 bits per heavy atom. The molecule has 0 heterocycles. The van der Waals surface area contributed by atoms with Crippen molar-refractivity contribution in [1.29, 1.82) is 0 Å². The minimum absolute atomic E-state index is 0.0231. The van der Waals surface area contributed by atoms with E-state index in [4.69, 9.17) is 5.73 Å². The lowest BCUT2D eigenvalue weighted by Gasteiger charge is -2.69. The van der Waals surface area contributed by atoms with Gasteiger partial charge in [0.1, 0.15) is 5.54 Å². The molecule has 0 aromatic heterocycles. The molecule has 0 aromatic rings. The topological polar surface area (TPSA) is 26.0 Å². The summed E-state index contributed by atoms with van der Waals surface area (Å²) in [7, 11) is 0. The highest BCUT2D eigenvalue weighted by Gasteiger charge is 2.71. The normalized spacial score (nSPS) is 34.4. The molecule has 0 radical (unpaired) electrons. The molecule has 3 saturated carbocycles. The Balaban J connectivity index is 1.63. The van der Waals surface area contributed by atoms with Gasteiger partial charge in [-0.15, -0.1) is 0 Å². The Morgan fingerprint density at radius 2 is 1.40 bits per heavy atom. The first kappa shape index (κ1) is 9.94. The van der Waals surface area contributed by atoms with E-state index in [0.29, 0.717) is 5.41 Å². The first-order valence-corrected chi connectivity index (χ1v) is 5.64. The Hall–Kier alpha value is -0.250. The second-order valence-corrected chi connectivity index (χ2v) is 6.21. The Morgan fingerprint density at radius 3 is 1.73 bits per heavy atom. The molecule has 3 aliphatic carbocycles. The lowest BCUT2D eigenvalue weighted by molar-refractivity contribution is -0.272. The summed E-state index contributed by atoms with van der Waals surface area (Å²) in [4.78, 5) is 0. The van der Waals surface area contributed by atoms with Gasteiger partial charge in [0.15, 0.2) is 0 Å². The van der Waals surface area contributed by atoms with E-state index in [1.54, 1.807) is 0 Å². The van der Waals surface area contributed by atoms with Crippen molar-refractivity contribution in [2.45, 2.75) is 56.7 Å². The molecule has 0 unspecified atom stereocenters. The van der Waals surface area contributed by atoms with Gasteiger partial charge in [-0.3, -0.25) is 0 Å². The van der Waals surface area contributed by atoms with E-state index in [-0.39, 0.29) is 18.3 Å². The Bertz CT molecular complexity index is 287. The SMILES string of the molecule is NC1(C(F)(F)F)CC2(CC3(CCC3)C2)C1. The Labute approximate surface area is 87.2 Å². The predicted octanol–water partition coefficient (Wildman–Crippen LogP) is 2.99. The molecule has 3 rings (SSSR count). The van der Waals surface area contributed by atoms with Crippen LogP contribution < -0.4 is 5.73 Å². The minimum Gasteiger partial charge on any atom is -0.318 e. The average molecular weight is 219 g/mol. The van der Waals surface area contributed by atoms with Crippen LogP contribution in [-0.4, -0.2) is 11.7 Å². The molecular formula is C11H16F3N. The smallest absolute Gasteiger partial charge is 0.318 e. The predicted molar refractivity (Wildman–Crippen MR) is 50.2 cm³/mol. The van der Waals surface area contributed by atoms with Gasteiger partial charge in [0.05, 0.1) is 0 Å². The van der Waals surface area contributed by atoms with Crippen LogP contribution in [0.1, 0.15) is 44.9 Å². The van der Waals surface area contributed by atoms with Gasteiger partial charge in [-0.2, -0.15) is 13.2 Å². The highest BCUT2D eigenvalue weighted by Crippen LogP contribution is 2.73. The van der Waals surface area contributed by atoms with Gasteiger partial charge in [-0.1, -0.05) is 6.42 Å². The fourth-order valence-electron chi connectivity index (χ4n) is 4.31. The molecule has 0 amide bonds.